The zero-order chi connectivity index (χ0) is 16.3. The Kier molecular flexibility index (Phi) is 5.96. The van der Waals surface area contributed by atoms with Crippen molar-refractivity contribution in [3.05, 3.63) is 29.8 Å². The third-order valence-corrected chi connectivity index (χ3v) is 4.94. The minimum absolute atomic E-state index is 0. The van der Waals surface area contributed by atoms with E-state index in [4.69, 9.17) is 0 Å². The number of alkyl halides is 1. The number of hydrogen-bond acceptors (Lipinski definition) is 2. The second-order valence-electron chi connectivity index (χ2n) is 5.62. The van der Waals surface area contributed by atoms with Crippen LogP contribution >= 0.6 is 0 Å². The van der Waals surface area contributed by atoms with Gasteiger partial charge in [-0.15, -0.1) is 0 Å². The lowest BCUT2D eigenvalue weighted by molar-refractivity contribution is 0.158. The molecular weight excluding hydrogens is 290 g/mol. The molecule has 0 heterocycles. The summed E-state index contributed by atoms with van der Waals surface area (Å²) in [6.07, 6.45) is 0.0829. The zero-order valence-corrected chi connectivity index (χ0v) is 14.0. The van der Waals surface area contributed by atoms with Crippen LogP contribution in [0.4, 0.5) is 4.39 Å². The molecule has 0 bridgehead atoms. The van der Waals surface area contributed by atoms with Crippen LogP contribution in [-0.2, 0) is 10.2 Å². The molecule has 0 aliphatic heterocycles. The van der Waals surface area contributed by atoms with Gasteiger partial charge in [0.1, 0.15) is 12.9 Å². The van der Waals surface area contributed by atoms with E-state index in [9.17, 15) is 12.8 Å². The van der Waals surface area contributed by atoms with E-state index in [0.717, 1.165) is 11.0 Å². The summed E-state index contributed by atoms with van der Waals surface area (Å²) in [6.45, 7) is 4.83. The molecule has 1 unspecified atom stereocenters. The molecule has 0 saturated carbocycles. The summed E-state index contributed by atoms with van der Waals surface area (Å²) in [5.41, 5.74) is 0.335. The van der Waals surface area contributed by atoms with Crippen LogP contribution in [0.1, 0.15) is 33.3 Å². The van der Waals surface area contributed by atoms with E-state index in [0.29, 0.717) is 0 Å². The van der Waals surface area contributed by atoms with Crippen LogP contribution in [0.25, 0.3) is 0 Å². The average molecular weight is 315 g/mol. The molecule has 0 saturated heterocycles. The molecule has 0 aliphatic rings. The SMILES string of the molecule is C[B]c1ccc(C(CC(C)(C)F)N(C)S(=O)(=O)NC)cc1.[HH]. The first-order chi connectivity index (χ1) is 9.60. The largest absolute Gasteiger partial charge is 0.279 e. The Bertz CT molecular complexity index is 561. The minimum Gasteiger partial charge on any atom is -0.244 e. The molecule has 0 spiro atoms. The maximum Gasteiger partial charge on any atom is 0.279 e. The van der Waals surface area contributed by atoms with E-state index in [1.165, 1.54) is 32.2 Å². The van der Waals surface area contributed by atoms with Gasteiger partial charge < -0.3 is 0 Å². The van der Waals surface area contributed by atoms with Gasteiger partial charge in [-0.2, -0.15) is 12.7 Å². The van der Waals surface area contributed by atoms with Crippen molar-refractivity contribution < 1.29 is 14.2 Å². The third-order valence-electron chi connectivity index (χ3n) is 3.41. The Morgan fingerprint density at radius 1 is 1.38 bits per heavy atom. The predicted octanol–water partition coefficient (Wildman–Crippen LogP) is 1.89. The number of nitrogens with one attached hydrogen (secondary N) is 1. The van der Waals surface area contributed by atoms with E-state index < -0.39 is 21.9 Å². The monoisotopic (exact) mass is 315 g/mol. The van der Waals surface area contributed by atoms with Gasteiger partial charge in [-0.25, -0.2) is 9.11 Å². The topological polar surface area (TPSA) is 49.4 Å². The quantitative estimate of drug-likeness (QED) is 0.781. The van der Waals surface area contributed by atoms with Crippen molar-refractivity contribution in [3.8, 4) is 0 Å². The molecule has 1 atom stereocenters. The predicted molar refractivity (Wildman–Crippen MR) is 88.1 cm³/mol. The van der Waals surface area contributed by atoms with Crippen LogP contribution in [0.15, 0.2) is 24.3 Å². The summed E-state index contributed by atoms with van der Waals surface area (Å²) < 4.78 is 41.5. The summed E-state index contributed by atoms with van der Waals surface area (Å²) >= 11 is 0. The van der Waals surface area contributed by atoms with Gasteiger partial charge in [0.15, 0.2) is 0 Å². The molecule has 1 aromatic rings. The lowest BCUT2D eigenvalue weighted by atomic mass is 9.73. The van der Waals surface area contributed by atoms with Gasteiger partial charge in [0.05, 0.1) is 6.04 Å². The van der Waals surface area contributed by atoms with Gasteiger partial charge in [0.2, 0.25) is 0 Å². The summed E-state index contributed by atoms with van der Waals surface area (Å²) in [5, 5.41) is 0. The third kappa shape index (κ3) is 5.09. The van der Waals surface area contributed by atoms with Crippen LogP contribution < -0.4 is 10.2 Å². The first kappa shape index (κ1) is 18.1. The van der Waals surface area contributed by atoms with E-state index >= 15 is 0 Å². The number of rotatable bonds is 7. The molecule has 1 N–H and O–H groups in total. The van der Waals surface area contributed by atoms with E-state index in [-0.39, 0.29) is 7.85 Å². The van der Waals surface area contributed by atoms with E-state index in [1.807, 2.05) is 38.4 Å². The molecule has 4 nitrogen and oxygen atoms in total. The highest BCUT2D eigenvalue weighted by Crippen LogP contribution is 2.31. The molecule has 1 radical (unpaired) electrons. The van der Waals surface area contributed by atoms with Crippen molar-refractivity contribution in [1.29, 1.82) is 0 Å². The van der Waals surface area contributed by atoms with Gasteiger partial charge in [-0.05, 0) is 19.4 Å². The van der Waals surface area contributed by atoms with Crippen molar-refractivity contribution in [2.24, 2.45) is 0 Å². The zero-order valence-electron chi connectivity index (χ0n) is 13.2. The van der Waals surface area contributed by atoms with Gasteiger partial charge >= 0.3 is 0 Å². The molecule has 1 aromatic carbocycles. The van der Waals surface area contributed by atoms with Crippen molar-refractivity contribution in [3.63, 3.8) is 0 Å². The Morgan fingerprint density at radius 3 is 2.29 bits per heavy atom. The molecule has 0 aromatic heterocycles. The number of halogens is 1. The average Bonchev–Trinajstić information content (AvgIpc) is 2.43. The molecule has 119 valence electrons. The van der Waals surface area contributed by atoms with Gasteiger partial charge in [-0.3, -0.25) is 0 Å². The van der Waals surface area contributed by atoms with E-state index in [2.05, 4.69) is 4.72 Å². The van der Waals surface area contributed by atoms with Gasteiger partial charge in [0.25, 0.3) is 10.2 Å². The molecule has 0 amide bonds. The molecular formula is C14H25BFN2O2S. The highest BCUT2D eigenvalue weighted by atomic mass is 32.2. The minimum atomic E-state index is -3.62. The fourth-order valence-electron chi connectivity index (χ4n) is 2.14. The van der Waals surface area contributed by atoms with Gasteiger partial charge in [-0.1, -0.05) is 36.6 Å². The van der Waals surface area contributed by atoms with Gasteiger partial charge in [0, 0.05) is 21.9 Å². The van der Waals surface area contributed by atoms with Crippen molar-refractivity contribution in [2.45, 2.75) is 38.8 Å². The highest BCUT2D eigenvalue weighted by molar-refractivity contribution is 7.87. The molecule has 1 rings (SSSR count). The lowest BCUT2D eigenvalue weighted by Crippen LogP contribution is -2.40. The van der Waals surface area contributed by atoms with Crippen molar-refractivity contribution in [1.82, 2.24) is 9.03 Å². The second kappa shape index (κ2) is 6.90. The van der Waals surface area contributed by atoms with Crippen LogP contribution in [-0.4, -0.2) is 39.8 Å². The van der Waals surface area contributed by atoms with Crippen molar-refractivity contribution >= 4 is 23.0 Å². The summed E-state index contributed by atoms with van der Waals surface area (Å²) in [4.78, 5) is 0. The fourth-order valence-corrected chi connectivity index (χ4v) is 2.96. The van der Waals surface area contributed by atoms with E-state index in [1.54, 1.807) is 0 Å². The van der Waals surface area contributed by atoms with Crippen molar-refractivity contribution in [2.75, 3.05) is 14.1 Å². The Morgan fingerprint density at radius 2 is 1.90 bits per heavy atom. The Balaban J connectivity index is 0.00000441. The smallest absolute Gasteiger partial charge is 0.244 e. The number of nitrogens with zero attached hydrogens (tertiary/aromatic N) is 1. The summed E-state index contributed by atoms with van der Waals surface area (Å²) in [7, 11) is 1.13. The summed E-state index contributed by atoms with van der Waals surface area (Å²) in [5.74, 6) is 0. The molecule has 0 fully saturated rings. The van der Waals surface area contributed by atoms with Crippen LogP contribution in [0, 0.1) is 0 Å². The first-order valence-corrected chi connectivity index (χ1v) is 8.29. The second-order valence-corrected chi connectivity index (χ2v) is 7.55. The standard InChI is InChI=1S/C14H23BFN2O2S.H2/c1-14(2,16)10-13(18(5)21(19,20)17-4)11-6-8-12(15-3)9-7-11;/h6-9,13,17H,10H2,1-5H3;1H. The number of hydrogen-bond donors (Lipinski definition) is 1. The van der Waals surface area contributed by atoms with Crippen LogP contribution in [0.3, 0.4) is 0 Å². The maximum absolute atomic E-state index is 14.1. The molecule has 7 heteroatoms. The van der Waals surface area contributed by atoms with Crippen LogP contribution in [0.2, 0.25) is 6.82 Å². The first-order valence-electron chi connectivity index (χ1n) is 6.85. The van der Waals surface area contributed by atoms with Crippen LogP contribution in [0.5, 0.6) is 0 Å². The fraction of sp³-hybridized carbons (Fsp3) is 0.571. The molecule has 0 aliphatic carbocycles. The normalized spacial score (nSPS) is 14.2. The summed E-state index contributed by atoms with van der Waals surface area (Å²) in [6, 6.07) is 6.91. The molecule has 21 heavy (non-hydrogen) atoms. The maximum atomic E-state index is 14.1. The lowest BCUT2D eigenvalue weighted by Gasteiger charge is -2.31. The Labute approximate surface area is 129 Å². The Hall–Kier alpha value is -0.915. The number of benzene rings is 1. The highest BCUT2D eigenvalue weighted by Gasteiger charge is 2.32.